The number of hydrogen-bond donors (Lipinski definition) is 0. The summed E-state index contributed by atoms with van der Waals surface area (Å²) in [6.07, 6.45) is 10.1. The van der Waals surface area contributed by atoms with Crippen LogP contribution in [0.5, 0.6) is 0 Å². The zero-order valence-electron chi connectivity index (χ0n) is 10.4. The Hall–Kier alpha value is -1.03. The van der Waals surface area contributed by atoms with E-state index in [0.29, 0.717) is 11.5 Å². The Kier molecular flexibility index (Phi) is 2.82. The molecule has 1 aromatic rings. The minimum atomic E-state index is 0.335. The third-order valence-electron chi connectivity index (χ3n) is 4.41. The van der Waals surface area contributed by atoms with E-state index in [1.807, 2.05) is 7.11 Å². The van der Waals surface area contributed by atoms with Crippen molar-refractivity contribution in [1.29, 1.82) is 0 Å². The lowest BCUT2D eigenvalue weighted by Gasteiger charge is -2.43. The smallest absolute Gasteiger partial charge is 0.297 e. The quantitative estimate of drug-likeness (QED) is 0.790. The summed E-state index contributed by atoms with van der Waals surface area (Å²) in [5.41, 5.74) is 0.335. The van der Waals surface area contributed by atoms with Gasteiger partial charge in [-0.3, -0.25) is 0 Å². The van der Waals surface area contributed by atoms with Crippen molar-refractivity contribution < 1.29 is 9.15 Å². The molecule has 0 unspecified atom stereocenters. The molecule has 1 aliphatic carbocycles. The molecular weight excluding hydrogens is 216 g/mol. The minimum Gasteiger partial charge on any atom is -0.432 e. The molecule has 0 amide bonds. The maximum absolute atomic E-state index is 5.69. The second-order valence-electron chi connectivity index (χ2n) is 5.32. The summed E-state index contributed by atoms with van der Waals surface area (Å²) in [6, 6.07) is 0.769. The van der Waals surface area contributed by atoms with Crippen molar-refractivity contribution in [2.45, 2.75) is 38.2 Å². The Bertz CT molecular complexity index is 366. The van der Waals surface area contributed by atoms with Gasteiger partial charge in [-0.25, -0.2) is 4.98 Å². The minimum absolute atomic E-state index is 0.335. The Morgan fingerprint density at radius 1 is 1.47 bits per heavy atom. The summed E-state index contributed by atoms with van der Waals surface area (Å²) in [7, 11) is 1.85. The van der Waals surface area contributed by atoms with Crippen molar-refractivity contribution in [3.8, 4) is 0 Å². The molecule has 1 saturated heterocycles. The number of methoxy groups -OCH3 is 1. The predicted octanol–water partition coefficient (Wildman–Crippen LogP) is 2.46. The van der Waals surface area contributed by atoms with E-state index in [-0.39, 0.29) is 0 Å². The van der Waals surface area contributed by atoms with Crippen LogP contribution < -0.4 is 4.90 Å². The number of piperidine rings is 1. The van der Waals surface area contributed by atoms with Crippen molar-refractivity contribution in [3.63, 3.8) is 0 Å². The van der Waals surface area contributed by atoms with Crippen molar-refractivity contribution in [2.24, 2.45) is 5.41 Å². The van der Waals surface area contributed by atoms with Gasteiger partial charge in [0.2, 0.25) is 0 Å². The lowest BCUT2D eigenvalue weighted by molar-refractivity contribution is 0.00157. The van der Waals surface area contributed by atoms with Gasteiger partial charge in [-0.2, -0.15) is 0 Å². The third-order valence-corrected chi connectivity index (χ3v) is 4.41. The van der Waals surface area contributed by atoms with Gasteiger partial charge in [0.15, 0.2) is 0 Å². The van der Waals surface area contributed by atoms with Crippen molar-refractivity contribution in [1.82, 2.24) is 4.98 Å². The first-order valence-electron chi connectivity index (χ1n) is 6.51. The molecule has 3 rings (SSSR count). The summed E-state index contributed by atoms with van der Waals surface area (Å²) in [6.45, 7) is 2.09. The lowest BCUT2D eigenvalue weighted by Crippen LogP contribution is -2.48. The topological polar surface area (TPSA) is 38.5 Å². The largest absolute Gasteiger partial charge is 0.432 e. The molecule has 1 aromatic heterocycles. The molecule has 0 bridgehead atoms. The Labute approximate surface area is 102 Å². The van der Waals surface area contributed by atoms with Crippen LogP contribution in [0.15, 0.2) is 16.9 Å². The van der Waals surface area contributed by atoms with E-state index < -0.39 is 0 Å². The molecule has 2 atom stereocenters. The molecule has 17 heavy (non-hydrogen) atoms. The van der Waals surface area contributed by atoms with Crippen LogP contribution in [0.3, 0.4) is 0 Å². The Morgan fingerprint density at radius 3 is 3.12 bits per heavy atom. The lowest BCUT2D eigenvalue weighted by atomic mass is 9.76. The molecule has 2 fully saturated rings. The van der Waals surface area contributed by atoms with Gasteiger partial charge >= 0.3 is 0 Å². The fourth-order valence-corrected chi connectivity index (χ4v) is 3.64. The monoisotopic (exact) mass is 236 g/mol. The molecule has 0 N–H and O–H groups in total. The number of rotatable bonds is 2. The second kappa shape index (κ2) is 4.33. The number of anilines is 1. The number of ether oxygens (including phenoxy) is 1. The van der Waals surface area contributed by atoms with Gasteiger partial charge in [0, 0.05) is 25.6 Å². The SMILES string of the molecule is CO[C@@H]1CCC[C@@]12CCCN(c1ncco1)C2. The Balaban J connectivity index is 1.79. The van der Waals surface area contributed by atoms with E-state index in [1.165, 1.54) is 32.1 Å². The van der Waals surface area contributed by atoms with Gasteiger partial charge in [-0.15, -0.1) is 0 Å². The van der Waals surface area contributed by atoms with E-state index in [2.05, 4.69) is 9.88 Å². The summed E-state index contributed by atoms with van der Waals surface area (Å²) >= 11 is 0. The van der Waals surface area contributed by atoms with Crippen LogP contribution >= 0.6 is 0 Å². The number of hydrogen-bond acceptors (Lipinski definition) is 4. The molecule has 2 aliphatic rings. The summed E-state index contributed by atoms with van der Waals surface area (Å²) in [4.78, 5) is 6.54. The van der Waals surface area contributed by atoms with E-state index in [4.69, 9.17) is 9.15 Å². The Morgan fingerprint density at radius 2 is 2.35 bits per heavy atom. The van der Waals surface area contributed by atoms with Crippen LogP contribution in [0.1, 0.15) is 32.1 Å². The van der Waals surface area contributed by atoms with Crippen molar-refractivity contribution >= 4 is 6.01 Å². The van der Waals surface area contributed by atoms with Crippen LogP contribution in [0.2, 0.25) is 0 Å². The third kappa shape index (κ3) is 1.84. The average molecular weight is 236 g/mol. The zero-order valence-corrected chi connectivity index (χ0v) is 10.4. The first kappa shape index (κ1) is 11.1. The van der Waals surface area contributed by atoms with Crippen LogP contribution in [-0.4, -0.2) is 31.3 Å². The highest BCUT2D eigenvalue weighted by atomic mass is 16.5. The number of nitrogens with zero attached hydrogens (tertiary/aromatic N) is 2. The first-order chi connectivity index (χ1) is 8.34. The first-order valence-corrected chi connectivity index (χ1v) is 6.51. The van der Waals surface area contributed by atoms with Crippen LogP contribution in [0.25, 0.3) is 0 Å². The van der Waals surface area contributed by atoms with Crippen molar-refractivity contribution in [2.75, 3.05) is 25.1 Å². The van der Waals surface area contributed by atoms with E-state index in [9.17, 15) is 0 Å². The average Bonchev–Trinajstić information content (AvgIpc) is 2.99. The molecule has 1 aliphatic heterocycles. The van der Waals surface area contributed by atoms with E-state index in [1.54, 1.807) is 12.5 Å². The molecule has 0 aromatic carbocycles. The maximum atomic E-state index is 5.69. The molecule has 1 spiro atoms. The number of aromatic nitrogens is 1. The highest BCUT2D eigenvalue weighted by Crippen LogP contribution is 2.46. The van der Waals surface area contributed by atoms with E-state index >= 15 is 0 Å². The molecule has 0 radical (unpaired) electrons. The van der Waals surface area contributed by atoms with Gasteiger partial charge in [0.1, 0.15) is 6.26 Å². The van der Waals surface area contributed by atoms with Gasteiger partial charge in [-0.1, -0.05) is 6.42 Å². The van der Waals surface area contributed by atoms with Crippen LogP contribution in [0, 0.1) is 5.41 Å². The normalized spacial score (nSPS) is 33.5. The molecule has 2 heterocycles. The molecule has 4 heteroatoms. The molecular formula is C13H20N2O2. The summed E-state index contributed by atoms with van der Waals surface area (Å²) in [5, 5.41) is 0. The zero-order chi connectivity index (χ0) is 11.7. The van der Waals surface area contributed by atoms with E-state index in [0.717, 1.165) is 19.1 Å². The second-order valence-corrected chi connectivity index (χ2v) is 5.32. The molecule has 4 nitrogen and oxygen atoms in total. The summed E-state index contributed by atoms with van der Waals surface area (Å²) in [5.74, 6) is 0. The predicted molar refractivity (Wildman–Crippen MR) is 65.0 cm³/mol. The highest BCUT2D eigenvalue weighted by molar-refractivity contribution is 5.27. The maximum Gasteiger partial charge on any atom is 0.297 e. The molecule has 94 valence electrons. The highest BCUT2D eigenvalue weighted by Gasteiger charge is 2.46. The molecule has 1 saturated carbocycles. The van der Waals surface area contributed by atoms with Crippen LogP contribution in [-0.2, 0) is 4.74 Å². The standard InChI is InChI=1S/C13H20N2O2/c1-16-11-4-2-5-13(11)6-3-8-15(10-13)12-14-7-9-17-12/h7,9,11H,2-6,8,10H2,1H3/t11-,13+/m1/s1. The van der Waals surface area contributed by atoms with Crippen LogP contribution in [0.4, 0.5) is 6.01 Å². The van der Waals surface area contributed by atoms with Gasteiger partial charge in [0.05, 0.1) is 12.3 Å². The van der Waals surface area contributed by atoms with Gasteiger partial charge in [-0.05, 0) is 25.7 Å². The number of oxazole rings is 1. The fourth-order valence-electron chi connectivity index (χ4n) is 3.64. The van der Waals surface area contributed by atoms with Crippen molar-refractivity contribution in [3.05, 3.63) is 12.5 Å². The fraction of sp³-hybridized carbons (Fsp3) is 0.769. The van der Waals surface area contributed by atoms with Gasteiger partial charge in [0.25, 0.3) is 6.01 Å². The summed E-state index contributed by atoms with van der Waals surface area (Å²) < 4.78 is 11.1. The van der Waals surface area contributed by atoms with Gasteiger partial charge < -0.3 is 14.1 Å².